The lowest BCUT2D eigenvalue weighted by molar-refractivity contribution is -0.384. The van der Waals surface area contributed by atoms with E-state index in [2.05, 4.69) is 10.3 Å². The number of nitro groups is 1. The second kappa shape index (κ2) is 9.36. The van der Waals surface area contributed by atoms with Crippen molar-refractivity contribution in [2.75, 3.05) is 12.0 Å². The first kappa shape index (κ1) is 22.8. The van der Waals surface area contributed by atoms with Gasteiger partial charge < -0.3 is 19.5 Å². The van der Waals surface area contributed by atoms with Crippen LogP contribution >= 0.6 is 23.8 Å². The van der Waals surface area contributed by atoms with Crippen molar-refractivity contribution in [3.63, 3.8) is 0 Å². The second-order valence-corrected chi connectivity index (χ2v) is 8.69. The summed E-state index contributed by atoms with van der Waals surface area (Å²) in [5.74, 6) is 0.570. The maximum absolute atomic E-state index is 11.1. The third-order valence-electron chi connectivity index (χ3n) is 5.93. The molecule has 1 fully saturated rings. The SMILES string of the molecule is COc1ccc(N2C(=S)N[C@H](c3ccccn3)[C@H]2c2cccn2-c2ccc([N+](=O)[O-])cc2)cc1Cl. The van der Waals surface area contributed by atoms with Crippen molar-refractivity contribution in [1.82, 2.24) is 14.9 Å². The average Bonchev–Trinajstić information content (AvgIpc) is 3.49. The van der Waals surface area contributed by atoms with Crippen molar-refractivity contribution < 1.29 is 9.66 Å². The van der Waals surface area contributed by atoms with Crippen LogP contribution in [0, 0.1) is 10.1 Å². The zero-order valence-corrected chi connectivity index (χ0v) is 20.1. The molecular weight excluding hydrogens is 486 g/mol. The van der Waals surface area contributed by atoms with Crippen LogP contribution < -0.4 is 15.0 Å². The number of nitrogens with one attached hydrogen (secondary N) is 1. The quantitative estimate of drug-likeness (QED) is 0.207. The monoisotopic (exact) mass is 505 g/mol. The van der Waals surface area contributed by atoms with Gasteiger partial charge in [-0.2, -0.15) is 0 Å². The zero-order valence-electron chi connectivity index (χ0n) is 18.5. The summed E-state index contributed by atoms with van der Waals surface area (Å²) < 4.78 is 7.32. The number of hydrogen-bond donors (Lipinski definition) is 1. The van der Waals surface area contributed by atoms with Crippen LogP contribution in [0.5, 0.6) is 5.75 Å². The van der Waals surface area contributed by atoms with E-state index in [1.165, 1.54) is 12.1 Å². The van der Waals surface area contributed by atoms with Gasteiger partial charge in [-0.15, -0.1) is 0 Å². The molecule has 3 heterocycles. The third kappa shape index (κ3) is 4.20. The van der Waals surface area contributed by atoms with E-state index in [0.717, 1.165) is 22.8 Å². The largest absolute Gasteiger partial charge is 0.495 e. The Morgan fingerprint density at radius 2 is 1.86 bits per heavy atom. The molecule has 0 spiro atoms. The van der Waals surface area contributed by atoms with Crippen molar-refractivity contribution in [3.8, 4) is 11.4 Å². The summed E-state index contributed by atoms with van der Waals surface area (Å²) in [7, 11) is 1.57. The molecule has 0 radical (unpaired) electrons. The predicted octanol–water partition coefficient (Wildman–Crippen LogP) is 5.62. The van der Waals surface area contributed by atoms with Crippen LogP contribution in [0.3, 0.4) is 0 Å². The highest BCUT2D eigenvalue weighted by molar-refractivity contribution is 7.80. The number of rotatable bonds is 6. The number of ether oxygens (including phenoxy) is 1. The molecule has 1 aliphatic heterocycles. The van der Waals surface area contributed by atoms with Crippen LogP contribution in [-0.2, 0) is 0 Å². The van der Waals surface area contributed by atoms with Gasteiger partial charge >= 0.3 is 0 Å². The van der Waals surface area contributed by atoms with Crippen LogP contribution in [-0.4, -0.2) is 26.7 Å². The predicted molar refractivity (Wildman–Crippen MR) is 138 cm³/mol. The van der Waals surface area contributed by atoms with Gasteiger partial charge in [0.2, 0.25) is 0 Å². The van der Waals surface area contributed by atoms with Crippen LogP contribution in [0.4, 0.5) is 11.4 Å². The molecule has 5 rings (SSSR count). The Hall–Kier alpha value is -3.95. The van der Waals surface area contributed by atoms with E-state index < -0.39 is 4.92 Å². The molecule has 10 heteroatoms. The number of pyridine rings is 1. The maximum atomic E-state index is 11.1. The van der Waals surface area contributed by atoms with E-state index in [0.29, 0.717) is 15.9 Å². The molecular formula is C25H20ClN5O3S. The molecule has 0 amide bonds. The van der Waals surface area contributed by atoms with Crippen molar-refractivity contribution in [1.29, 1.82) is 0 Å². The first-order valence-corrected chi connectivity index (χ1v) is 11.5. The van der Waals surface area contributed by atoms with E-state index in [1.54, 1.807) is 31.5 Å². The minimum Gasteiger partial charge on any atom is -0.495 e. The van der Waals surface area contributed by atoms with Crippen LogP contribution in [0.25, 0.3) is 5.69 Å². The Bertz CT molecular complexity index is 1390. The van der Waals surface area contributed by atoms with Gasteiger partial charge in [0.1, 0.15) is 11.8 Å². The normalized spacial score (nSPS) is 17.3. The Morgan fingerprint density at radius 3 is 2.51 bits per heavy atom. The van der Waals surface area contributed by atoms with Gasteiger partial charge in [-0.05, 0) is 66.8 Å². The van der Waals surface area contributed by atoms with Crippen LogP contribution in [0.1, 0.15) is 23.5 Å². The first-order valence-electron chi connectivity index (χ1n) is 10.7. The molecule has 0 aliphatic carbocycles. The zero-order chi connectivity index (χ0) is 24.5. The third-order valence-corrected chi connectivity index (χ3v) is 6.54. The highest BCUT2D eigenvalue weighted by atomic mass is 35.5. The summed E-state index contributed by atoms with van der Waals surface area (Å²) in [5, 5.41) is 15.6. The van der Waals surface area contributed by atoms with Crippen LogP contribution in [0.2, 0.25) is 5.02 Å². The number of hydrogen-bond acceptors (Lipinski definition) is 5. The summed E-state index contributed by atoms with van der Waals surface area (Å²) >= 11 is 12.3. The Labute approximate surface area is 211 Å². The molecule has 1 N–H and O–H groups in total. The van der Waals surface area contributed by atoms with Gasteiger partial charge in [-0.1, -0.05) is 17.7 Å². The lowest BCUT2D eigenvalue weighted by Gasteiger charge is -2.29. The van der Waals surface area contributed by atoms with E-state index >= 15 is 0 Å². The van der Waals surface area contributed by atoms with E-state index in [-0.39, 0.29) is 17.8 Å². The van der Waals surface area contributed by atoms with Crippen molar-refractivity contribution in [3.05, 3.63) is 112 Å². The molecule has 1 aliphatic rings. The van der Waals surface area contributed by atoms with Gasteiger partial charge in [0, 0.05) is 41.6 Å². The highest BCUT2D eigenvalue weighted by Crippen LogP contribution is 2.43. The van der Waals surface area contributed by atoms with E-state index in [4.69, 9.17) is 28.6 Å². The molecule has 4 aromatic rings. The second-order valence-electron chi connectivity index (χ2n) is 7.89. The standard InChI is InChI=1S/C25H20ClN5O3S/c1-34-22-12-11-18(15-19(22)26)30-24(23(28-25(30)35)20-5-2-3-13-27-20)21-6-4-14-29(21)16-7-9-17(10-8-16)31(32)33/h2-15,23-24H,1H3,(H,28,35)/t23-,24-/m1/s1. The molecule has 0 saturated carbocycles. The van der Waals surface area contributed by atoms with Crippen LogP contribution in [0.15, 0.2) is 85.2 Å². The molecule has 2 aromatic heterocycles. The number of non-ortho nitro benzene ring substituents is 1. The minimum atomic E-state index is -0.411. The first-order chi connectivity index (χ1) is 17.0. The molecule has 2 aromatic carbocycles. The lowest BCUT2D eigenvalue weighted by Crippen LogP contribution is -2.30. The van der Waals surface area contributed by atoms with Gasteiger partial charge in [-0.3, -0.25) is 15.1 Å². The van der Waals surface area contributed by atoms with Crippen molar-refractivity contribution >= 4 is 40.3 Å². The van der Waals surface area contributed by atoms with Gasteiger partial charge in [0.05, 0.1) is 28.8 Å². The number of nitrogens with zero attached hydrogens (tertiary/aromatic N) is 4. The Balaban J connectivity index is 1.64. The number of aromatic nitrogens is 2. The number of nitro benzene ring substituents is 1. The highest BCUT2D eigenvalue weighted by Gasteiger charge is 2.42. The average molecular weight is 506 g/mol. The van der Waals surface area contributed by atoms with Crippen molar-refractivity contribution in [2.45, 2.75) is 12.1 Å². The number of halogens is 1. The molecule has 0 bridgehead atoms. The van der Waals surface area contributed by atoms with E-state index in [1.807, 2.05) is 58.1 Å². The number of anilines is 1. The smallest absolute Gasteiger partial charge is 0.269 e. The molecule has 8 nitrogen and oxygen atoms in total. The van der Waals surface area contributed by atoms with Gasteiger partial charge in [0.25, 0.3) is 5.69 Å². The minimum absolute atomic E-state index is 0.0343. The number of thiocarbonyl (C=S) groups is 1. The molecule has 176 valence electrons. The molecule has 1 saturated heterocycles. The fourth-order valence-corrected chi connectivity index (χ4v) is 4.94. The fourth-order valence-electron chi connectivity index (χ4n) is 4.34. The fraction of sp³-hybridized carbons (Fsp3) is 0.120. The number of methoxy groups -OCH3 is 1. The Kier molecular flexibility index (Phi) is 6.10. The van der Waals surface area contributed by atoms with Gasteiger partial charge in [0.15, 0.2) is 5.11 Å². The van der Waals surface area contributed by atoms with E-state index in [9.17, 15) is 10.1 Å². The summed E-state index contributed by atoms with van der Waals surface area (Å²) in [5.41, 5.74) is 3.38. The van der Waals surface area contributed by atoms with Crippen molar-refractivity contribution in [2.24, 2.45) is 0 Å². The summed E-state index contributed by atoms with van der Waals surface area (Å²) in [6.07, 6.45) is 3.67. The molecule has 2 atom stereocenters. The summed E-state index contributed by atoms with van der Waals surface area (Å²) in [6.45, 7) is 0. The molecule has 35 heavy (non-hydrogen) atoms. The summed E-state index contributed by atoms with van der Waals surface area (Å²) in [4.78, 5) is 17.3. The maximum Gasteiger partial charge on any atom is 0.269 e. The number of benzene rings is 2. The Morgan fingerprint density at radius 1 is 1.09 bits per heavy atom. The molecule has 0 unspecified atom stereocenters. The lowest BCUT2D eigenvalue weighted by atomic mass is 10.0. The topological polar surface area (TPSA) is 85.5 Å². The van der Waals surface area contributed by atoms with Gasteiger partial charge in [-0.25, -0.2) is 0 Å². The summed E-state index contributed by atoms with van der Waals surface area (Å²) in [6, 6.07) is 21.1.